The Balaban J connectivity index is 2.05. The number of halogens is 3. The summed E-state index contributed by atoms with van der Waals surface area (Å²) in [5.74, 6) is -0.603. The lowest BCUT2D eigenvalue weighted by atomic mass is 10.2. The monoisotopic (exact) mass is 286 g/mol. The molecule has 1 N–H and O–H groups in total. The molecule has 3 rings (SSSR count). The molecule has 1 saturated heterocycles. The van der Waals surface area contributed by atoms with Crippen LogP contribution in [0.2, 0.25) is 0 Å². The van der Waals surface area contributed by atoms with E-state index in [2.05, 4.69) is 20.6 Å². The molecule has 0 aliphatic carbocycles. The summed E-state index contributed by atoms with van der Waals surface area (Å²) < 4.78 is 39.2. The Kier molecular flexibility index (Phi) is 3.00. The zero-order valence-corrected chi connectivity index (χ0v) is 10.7. The van der Waals surface area contributed by atoms with Gasteiger partial charge in [-0.3, -0.25) is 0 Å². The van der Waals surface area contributed by atoms with Crippen molar-refractivity contribution in [2.24, 2.45) is 0 Å². The number of alkyl halides is 3. The molecule has 6 nitrogen and oxygen atoms in total. The number of fused-ring (bicyclic) bond motifs is 1. The van der Waals surface area contributed by atoms with Crippen LogP contribution < -0.4 is 10.2 Å². The summed E-state index contributed by atoms with van der Waals surface area (Å²) in [5, 5.41) is 13.9. The molecule has 0 unspecified atom stereocenters. The number of anilines is 1. The van der Waals surface area contributed by atoms with Gasteiger partial charge in [-0.05, 0) is 19.1 Å². The van der Waals surface area contributed by atoms with Gasteiger partial charge in [-0.15, -0.1) is 15.3 Å². The van der Waals surface area contributed by atoms with E-state index in [1.54, 1.807) is 6.07 Å². The smallest absolute Gasteiger partial charge is 0.350 e. The lowest BCUT2D eigenvalue weighted by molar-refractivity contribution is -0.146. The van der Waals surface area contributed by atoms with Crippen molar-refractivity contribution in [3.63, 3.8) is 0 Å². The Morgan fingerprint density at radius 1 is 1.30 bits per heavy atom. The molecular weight excluding hydrogens is 273 g/mol. The normalized spacial score (nSPS) is 20.6. The topological polar surface area (TPSA) is 58.3 Å². The van der Waals surface area contributed by atoms with Crippen LogP contribution in [-0.2, 0) is 6.18 Å². The van der Waals surface area contributed by atoms with Crippen LogP contribution >= 0.6 is 0 Å². The van der Waals surface area contributed by atoms with Crippen molar-refractivity contribution in [3.8, 4) is 0 Å². The highest BCUT2D eigenvalue weighted by Gasteiger charge is 2.37. The number of piperazine rings is 1. The molecule has 0 spiro atoms. The third kappa shape index (κ3) is 2.17. The maximum absolute atomic E-state index is 12.8. The SMILES string of the molecule is C[C@H]1CNCCN1c1ccc2nnc(C(F)(F)F)n2n1. The molecule has 2 aromatic rings. The van der Waals surface area contributed by atoms with Crippen molar-refractivity contribution in [1.29, 1.82) is 0 Å². The fourth-order valence-electron chi connectivity index (χ4n) is 2.29. The second-order valence-electron chi connectivity index (χ2n) is 4.73. The number of aromatic nitrogens is 4. The Hall–Kier alpha value is -1.90. The third-order valence-electron chi connectivity index (χ3n) is 3.30. The maximum Gasteiger partial charge on any atom is 0.453 e. The van der Waals surface area contributed by atoms with E-state index in [0.717, 1.165) is 17.6 Å². The molecule has 108 valence electrons. The molecule has 20 heavy (non-hydrogen) atoms. The molecule has 0 amide bonds. The third-order valence-corrected chi connectivity index (χ3v) is 3.30. The van der Waals surface area contributed by atoms with E-state index in [1.165, 1.54) is 6.07 Å². The van der Waals surface area contributed by atoms with Crippen molar-refractivity contribution < 1.29 is 13.2 Å². The predicted molar refractivity (Wildman–Crippen MR) is 65.5 cm³/mol. The Morgan fingerprint density at radius 3 is 2.80 bits per heavy atom. The minimum absolute atomic E-state index is 0.0869. The van der Waals surface area contributed by atoms with Crippen molar-refractivity contribution in [3.05, 3.63) is 18.0 Å². The molecule has 2 aromatic heterocycles. The van der Waals surface area contributed by atoms with Gasteiger partial charge in [0.25, 0.3) is 5.82 Å². The summed E-state index contributed by atoms with van der Waals surface area (Å²) in [6, 6.07) is 3.34. The average molecular weight is 286 g/mol. The second-order valence-corrected chi connectivity index (χ2v) is 4.73. The number of nitrogens with zero attached hydrogens (tertiary/aromatic N) is 5. The van der Waals surface area contributed by atoms with Crippen LogP contribution in [0.5, 0.6) is 0 Å². The van der Waals surface area contributed by atoms with Gasteiger partial charge < -0.3 is 10.2 Å². The second kappa shape index (κ2) is 4.58. The van der Waals surface area contributed by atoms with Crippen LogP contribution in [0.15, 0.2) is 12.1 Å². The fraction of sp³-hybridized carbons (Fsp3) is 0.545. The predicted octanol–water partition coefficient (Wildman–Crippen LogP) is 0.941. The Labute approximate surface area is 112 Å². The van der Waals surface area contributed by atoms with Crippen LogP contribution in [0.25, 0.3) is 5.65 Å². The lowest BCUT2D eigenvalue weighted by Crippen LogP contribution is -2.50. The van der Waals surface area contributed by atoms with Gasteiger partial charge >= 0.3 is 6.18 Å². The summed E-state index contributed by atoms with van der Waals surface area (Å²) in [6.07, 6.45) is -4.57. The fourth-order valence-corrected chi connectivity index (χ4v) is 2.29. The van der Waals surface area contributed by atoms with E-state index in [4.69, 9.17) is 0 Å². The maximum atomic E-state index is 12.8. The van der Waals surface area contributed by atoms with E-state index in [0.29, 0.717) is 12.4 Å². The summed E-state index contributed by atoms with van der Waals surface area (Å²) in [7, 11) is 0. The highest BCUT2D eigenvalue weighted by Crippen LogP contribution is 2.28. The first kappa shape index (κ1) is 13.1. The molecule has 9 heteroatoms. The van der Waals surface area contributed by atoms with Gasteiger partial charge in [-0.25, -0.2) is 0 Å². The van der Waals surface area contributed by atoms with Gasteiger partial charge in [-0.1, -0.05) is 0 Å². The van der Waals surface area contributed by atoms with Crippen molar-refractivity contribution in [2.75, 3.05) is 24.5 Å². The summed E-state index contributed by atoms with van der Waals surface area (Å²) in [4.78, 5) is 1.97. The van der Waals surface area contributed by atoms with E-state index < -0.39 is 12.0 Å². The van der Waals surface area contributed by atoms with E-state index in [9.17, 15) is 13.2 Å². The molecule has 1 atom stereocenters. The zero-order valence-electron chi connectivity index (χ0n) is 10.7. The highest BCUT2D eigenvalue weighted by atomic mass is 19.4. The molecule has 0 saturated carbocycles. The van der Waals surface area contributed by atoms with Gasteiger partial charge in [0.1, 0.15) is 5.82 Å². The quantitative estimate of drug-likeness (QED) is 0.845. The van der Waals surface area contributed by atoms with Crippen LogP contribution in [0, 0.1) is 0 Å². The van der Waals surface area contributed by atoms with Gasteiger partial charge in [-0.2, -0.15) is 17.7 Å². The number of hydrogen-bond acceptors (Lipinski definition) is 5. The van der Waals surface area contributed by atoms with Gasteiger partial charge in [0.15, 0.2) is 5.65 Å². The average Bonchev–Trinajstić information content (AvgIpc) is 2.82. The van der Waals surface area contributed by atoms with Crippen LogP contribution in [0.3, 0.4) is 0 Å². The lowest BCUT2D eigenvalue weighted by Gasteiger charge is -2.34. The highest BCUT2D eigenvalue weighted by molar-refractivity contribution is 5.47. The van der Waals surface area contributed by atoms with Gasteiger partial charge in [0, 0.05) is 25.7 Å². The van der Waals surface area contributed by atoms with Gasteiger partial charge in [0.2, 0.25) is 0 Å². The molecule has 0 bridgehead atoms. The number of nitrogens with one attached hydrogen (secondary N) is 1. The van der Waals surface area contributed by atoms with E-state index in [-0.39, 0.29) is 11.7 Å². The van der Waals surface area contributed by atoms with E-state index >= 15 is 0 Å². The van der Waals surface area contributed by atoms with Crippen molar-refractivity contribution >= 4 is 11.5 Å². The largest absolute Gasteiger partial charge is 0.453 e. The first-order chi connectivity index (χ1) is 9.47. The van der Waals surface area contributed by atoms with Crippen LogP contribution in [-0.4, -0.2) is 45.5 Å². The Morgan fingerprint density at radius 2 is 2.10 bits per heavy atom. The summed E-state index contributed by atoms with van der Waals surface area (Å²) >= 11 is 0. The molecule has 1 aliphatic heterocycles. The first-order valence-corrected chi connectivity index (χ1v) is 6.24. The number of rotatable bonds is 1. The van der Waals surface area contributed by atoms with Crippen LogP contribution in [0.1, 0.15) is 12.7 Å². The van der Waals surface area contributed by atoms with Crippen molar-refractivity contribution in [2.45, 2.75) is 19.1 Å². The minimum Gasteiger partial charge on any atom is -0.350 e. The zero-order chi connectivity index (χ0) is 14.3. The summed E-state index contributed by atoms with van der Waals surface area (Å²) in [6.45, 7) is 4.24. The minimum atomic E-state index is -4.57. The molecule has 1 fully saturated rings. The van der Waals surface area contributed by atoms with Crippen molar-refractivity contribution in [1.82, 2.24) is 25.1 Å². The molecule has 1 aliphatic rings. The molecule has 0 aromatic carbocycles. The summed E-state index contributed by atoms with van der Waals surface area (Å²) in [5.41, 5.74) is 0.0869. The Bertz CT molecular complexity index is 622. The molecular formula is C11H13F3N6. The molecule has 0 radical (unpaired) electrons. The molecule has 3 heterocycles. The van der Waals surface area contributed by atoms with E-state index in [1.807, 2.05) is 11.8 Å². The number of hydrogen-bond donors (Lipinski definition) is 1. The first-order valence-electron chi connectivity index (χ1n) is 6.24. The van der Waals surface area contributed by atoms with Crippen LogP contribution in [0.4, 0.5) is 19.0 Å². The standard InChI is InChI=1S/C11H13F3N6/c1-7-6-15-4-5-19(7)9-3-2-8-16-17-10(11(12,13)14)20(8)18-9/h2-3,7,15H,4-6H2,1H3/t7-/m0/s1. The van der Waals surface area contributed by atoms with Gasteiger partial charge in [0.05, 0.1) is 0 Å².